The first-order valence-corrected chi connectivity index (χ1v) is 6.88. The van der Waals surface area contributed by atoms with Gasteiger partial charge in [-0.25, -0.2) is 0 Å². The molecule has 0 spiro atoms. The van der Waals surface area contributed by atoms with Crippen molar-refractivity contribution in [3.8, 4) is 0 Å². The fraction of sp³-hybridized carbons (Fsp3) is 0.286. The lowest BCUT2D eigenvalue weighted by Crippen LogP contribution is -2.16. The molecular weight excluding hydrogens is 308 g/mol. The summed E-state index contributed by atoms with van der Waals surface area (Å²) in [4.78, 5) is 15.0. The fourth-order valence-corrected chi connectivity index (χ4v) is 2.28. The number of hydrogen-bond donors (Lipinski definition) is 2. The standard InChI is InChI=1S/C14H15BrN2O2/c1-9(5-6-13(18)19)17-12-4-2-3-10-7-11(15)8-16-14(10)12/h2-4,7-9,17H,5-6H2,1H3,(H,18,19). The Hall–Kier alpha value is -1.62. The van der Waals surface area contributed by atoms with Gasteiger partial charge in [-0.15, -0.1) is 0 Å². The number of anilines is 1. The molecule has 1 aromatic carbocycles. The maximum Gasteiger partial charge on any atom is 0.303 e. The lowest BCUT2D eigenvalue weighted by molar-refractivity contribution is -0.137. The summed E-state index contributed by atoms with van der Waals surface area (Å²) in [7, 11) is 0. The second-order valence-electron chi connectivity index (χ2n) is 4.51. The van der Waals surface area contributed by atoms with Crippen molar-refractivity contribution in [2.75, 3.05) is 5.32 Å². The van der Waals surface area contributed by atoms with Gasteiger partial charge in [0.25, 0.3) is 0 Å². The normalized spacial score (nSPS) is 12.3. The van der Waals surface area contributed by atoms with Crippen molar-refractivity contribution in [3.05, 3.63) is 34.9 Å². The van der Waals surface area contributed by atoms with Crippen LogP contribution in [0.25, 0.3) is 10.9 Å². The SMILES string of the molecule is CC(CCC(=O)O)Nc1cccc2cc(Br)cnc12. The molecule has 0 aliphatic heterocycles. The second-order valence-corrected chi connectivity index (χ2v) is 5.42. The number of halogens is 1. The van der Waals surface area contributed by atoms with Crippen LogP contribution in [0, 0.1) is 0 Å². The number of carboxylic acid groups (broad SMARTS) is 1. The summed E-state index contributed by atoms with van der Waals surface area (Å²) >= 11 is 3.40. The van der Waals surface area contributed by atoms with Crippen molar-refractivity contribution in [3.63, 3.8) is 0 Å². The van der Waals surface area contributed by atoms with Gasteiger partial charge in [-0.05, 0) is 41.4 Å². The van der Waals surface area contributed by atoms with Gasteiger partial charge in [0.05, 0.1) is 11.2 Å². The van der Waals surface area contributed by atoms with E-state index in [2.05, 4.69) is 26.2 Å². The highest BCUT2D eigenvalue weighted by Crippen LogP contribution is 2.24. The summed E-state index contributed by atoms with van der Waals surface area (Å²) < 4.78 is 0.941. The maximum absolute atomic E-state index is 10.6. The fourth-order valence-electron chi connectivity index (χ4n) is 1.93. The summed E-state index contributed by atoms with van der Waals surface area (Å²) in [6, 6.07) is 8.02. The number of nitrogens with one attached hydrogen (secondary N) is 1. The van der Waals surface area contributed by atoms with Crippen LogP contribution in [-0.2, 0) is 4.79 Å². The number of aliphatic carboxylic acids is 1. The predicted octanol–water partition coefficient (Wildman–Crippen LogP) is 3.66. The Kier molecular flexibility index (Phi) is 4.37. The quantitative estimate of drug-likeness (QED) is 0.881. The molecule has 100 valence electrons. The molecule has 2 rings (SSSR count). The summed E-state index contributed by atoms with van der Waals surface area (Å²) in [5, 5.41) is 13.1. The number of benzene rings is 1. The van der Waals surface area contributed by atoms with E-state index in [0.717, 1.165) is 21.1 Å². The minimum atomic E-state index is -0.770. The lowest BCUT2D eigenvalue weighted by Gasteiger charge is -2.15. The number of carboxylic acids is 1. The minimum absolute atomic E-state index is 0.0900. The highest BCUT2D eigenvalue weighted by atomic mass is 79.9. The predicted molar refractivity (Wildman–Crippen MR) is 79.4 cm³/mol. The Morgan fingerprint density at radius 3 is 3.05 bits per heavy atom. The van der Waals surface area contributed by atoms with Gasteiger partial charge in [0.15, 0.2) is 0 Å². The van der Waals surface area contributed by atoms with Crippen molar-refractivity contribution in [2.45, 2.75) is 25.8 Å². The van der Waals surface area contributed by atoms with Crippen LogP contribution < -0.4 is 5.32 Å². The van der Waals surface area contributed by atoms with E-state index >= 15 is 0 Å². The molecule has 1 unspecified atom stereocenters. The zero-order chi connectivity index (χ0) is 13.8. The van der Waals surface area contributed by atoms with Crippen molar-refractivity contribution in [1.82, 2.24) is 4.98 Å². The van der Waals surface area contributed by atoms with E-state index in [4.69, 9.17) is 5.11 Å². The minimum Gasteiger partial charge on any atom is -0.481 e. The molecule has 0 saturated carbocycles. The summed E-state index contributed by atoms with van der Waals surface area (Å²) in [5.41, 5.74) is 1.83. The molecule has 2 aromatic rings. The molecule has 2 N–H and O–H groups in total. The van der Waals surface area contributed by atoms with E-state index in [0.29, 0.717) is 6.42 Å². The molecule has 0 aliphatic rings. The van der Waals surface area contributed by atoms with Gasteiger partial charge in [-0.3, -0.25) is 9.78 Å². The maximum atomic E-state index is 10.6. The van der Waals surface area contributed by atoms with Gasteiger partial charge in [0.1, 0.15) is 0 Å². The number of nitrogens with zero attached hydrogens (tertiary/aromatic N) is 1. The van der Waals surface area contributed by atoms with Crippen LogP contribution in [0.15, 0.2) is 34.9 Å². The molecule has 0 bridgehead atoms. The van der Waals surface area contributed by atoms with Gasteiger partial charge < -0.3 is 10.4 Å². The van der Waals surface area contributed by atoms with E-state index in [1.54, 1.807) is 6.20 Å². The monoisotopic (exact) mass is 322 g/mol. The molecule has 1 aromatic heterocycles. The zero-order valence-corrected chi connectivity index (χ0v) is 12.1. The second kappa shape index (κ2) is 6.02. The first kappa shape index (κ1) is 13.8. The van der Waals surface area contributed by atoms with Crippen molar-refractivity contribution in [2.24, 2.45) is 0 Å². The topological polar surface area (TPSA) is 62.2 Å². The van der Waals surface area contributed by atoms with Gasteiger partial charge in [0.2, 0.25) is 0 Å². The molecule has 0 saturated heterocycles. The third kappa shape index (κ3) is 3.67. The number of carbonyl (C=O) groups is 1. The smallest absolute Gasteiger partial charge is 0.303 e. The molecule has 0 amide bonds. The van der Waals surface area contributed by atoms with Crippen LogP contribution in [0.5, 0.6) is 0 Å². The number of aromatic nitrogens is 1. The highest BCUT2D eigenvalue weighted by Gasteiger charge is 2.08. The number of pyridine rings is 1. The Labute approximate surface area is 120 Å². The Balaban J connectivity index is 2.18. The molecule has 0 radical (unpaired) electrons. The summed E-state index contributed by atoms with van der Waals surface area (Å²) in [6.45, 7) is 1.97. The molecule has 5 heteroatoms. The summed E-state index contributed by atoms with van der Waals surface area (Å²) in [6.07, 6.45) is 2.51. The molecule has 1 heterocycles. The number of para-hydroxylation sites is 1. The van der Waals surface area contributed by atoms with Crippen LogP contribution in [-0.4, -0.2) is 22.1 Å². The third-order valence-corrected chi connectivity index (χ3v) is 3.30. The van der Waals surface area contributed by atoms with Gasteiger partial charge >= 0.3 is 5.97 Å². The van der Waals surface area contributed by atoms with E-state index in [1.165, 1.54) is 0 Å². The first-order chi connectivity index (χ1) is 9.06. The van der Waals surface area contributed by atoms with Crippen LogP contribution in [0.3, 0.4) is 0 Å². The molecule has 19 heavy (non-hydrogen) atoms. The number of hydrogen-bond acceptors (Lipinski definition) is 3. The van der Waals surface area contributed by atoms with Crippen molar-refractivity contribution < 1.29 is 9.90 Å². The molecular formula is C14H15BrN2O2. The molecule has 0 aliphatic carbocycles. The number of fused-ring (bicyclic) bond motifs is 1. The Morgan fingerprint density at radius 2 is 2.32 bits per heavy atom. The van der Waals surface area contributed by atoms with Crippen molar-refractivity contribution in [1.29, 1.82) is 0 Å². The van der Waals surface area contributed by atoms with Gasteiger partial charge in [-0.2, -0.15) is 0 Å². The lowest BCUT2D eigenvalue weighted by atomic mass is 10.1. The number of rotatable bonds is 5. The zero-order valence-electron chi connectivity index (χ0n) is 10.6. The van der Waals surface area contributed by atoms with E-state index < -0.39 is 5.97 Å². The van der Waals surface area contributed by atoms with Crippen molar-refractivity contribution >= 4 is 38.5 Å². The van der Waals surface area contributed by atoms with E-state index in [1.807, 2.05) is 31.2 Å². The highest BCUT2D eigenvalue weighted by molar-refractivity contribution is 9.10. The van der Waals surface area contributed by atoms with Crippen LogP contribution in [0.1, 0.15) is 19.8 Å². The van der Waals surface area contributed by atoms with E-state index in [-0.39, 0.29) is 12.5 Å². The third-order valence-electron chi connectivity index (χ3n) is 2.87. The molecule has 4 nitrogen and oxygen atoms in total. The molecule has 1 atom stereocenters. The Bertz CT molecular complexity index is 601. The van der Waals surface area contributed by atoms with Gasteiger partial charge in [-0.1, -0.05) is 12.1 Å². The van der Waals surface area contributed by atoms with Crippen LogP contribution >= 0.6 is 15.9 Å². The van der Waals surface area contributed by atoms with Crippen LogP contribution in [0.4, 0.5) is 5.69 Å². The first-order valence-electron chi connectivity index (χ1n) is 6.09. The Morgan fingerprint density at radius 1 is 1.53 bits per heavy atom. The average molecular weight is 323 g/mol. The van der Waals surface area contributed by atoms with Gasteiger partial charge in [0, 0.05) is 28.5 Å². The van der Waals surface area contributed by atoms with Crippen LogP contribution in [0.2, 0.25) is 0 Å². The molecule has 0 fully saturated rings. The summed E-state index contributed by atoms with van der Waals surface area (Å²) in [5.74, 6) is -0.770. The largest absolute Gasteiger partial charge is 0.481 e. The average Bonchev–Trinajstić information content (AvgIpc) is 2.36. The van der Waals surface area contributed by atoms with E-state index in [9.17, 15) is 4.79 Å².